The number of nitrogens with two attached hydrogens (primary N) is 2. The summed E-state index contributed by atoms with van der Waals surface area (Å²) in [5.74, 6) is -4.08. The number of carboxylic acid groups (broad SMARTS) is 2. The lowest BCUT2D eigenvalue weighted by Crippen LogP contribution is -2.48. The zero-order valence-electron chi connectivity index (χ0n) is 17.4. The molecule has 33 heavy (non-hydrogen) atoms. The summed E-state index contributed by atoms with van der Waals surface area (Å²) in [7, 11) is 0. The summed E-state index contributed by atoms with van der Waals surface area (Å²) in [6.45, 7) is 0.347. The average molecular weight is 460 g/mol. The van der Waals surface area contributed by atoms with Crippen LogP contribution in [-0.4, -0.2) is 76.6 Å². The first kappa shape index (κ1) is 24.9. The van der Waals surface area contributed by atoms with Crippen LogP contribution in [0.15, 0.2) is 34.3 Å². The normalized spacial score (nSPS) is 16.4. The summed E-state index contributed by atoms with van der Waals surface area (Å²) in [6, 6.07) is 4.32. The molecule has 0 spiro atoms. The molecular weight excluding hydrogens is 436 g/mol. The third kappa shape index (κ3) is 7.70. The van der Waals surface area contributed by atoms with Crippen molar-refractivity contribution in [3.05, 3.63) is 29.8 Å². The Bertz CT molecular complexity index is 1000. The third-order valence-electron chi connectivity index (χ3n) is 4.36. The zero-order valence-corrected chi connectivity index (χ0v) is 17.4. The van der Waals surface area contributed by atoms with Crippen molar-refractivity contribution < 1.29 is 29.4 Å². The van der Waals surface area contributed by atoms with E-state index in [0.29, 0.717) is 5.69 Å². The minimum Gasteiger partial charge on any atom is -0.481 e. The van der Waals surface area contributed by atoms with Gasteiger partial charge in [0.05, 0.1) is 6.54 Å². The molecule has 2 rings (SSSR count). The van der Waals surface area contributed by atoms with Gasteiger partial charge in [0.2, 0.25) is 5.96 Å². The molecule has 1 aliphatic rings. The number of carbonyl (C=O) groups excluding carboxylic acids is 2. The number of nitrogens with zero attached hydrogens (tertiary/aromatic N) is 2. The smallest absolute Gasteiger partial charge is 0.326 e. The van der Waals surface area contributed by atoms with Gasteiger partial charge in [0.1, 0.15) is 6.04 Å². The lowest BCUT2D eigenvalue weighted by atomic mass is 10.1. The Morgan fingerprint density at radius 3 is 2.48 bits per heavy atom. The number of carboxylic acids is 2. The Balaban J connectivity index is 1.87. The Kier molecular flexibility index (Phi) is 8.56. The molecule has 10 N–H and O–H groups in total. The van der Waals surface area contributed by atoms with Gasteiger partial charge in [-0.1, -0.05) is 0 Å². The van der Waals surface area contributed by atoms with E-state index in [1.165, 1.54) is 12.1 Å². The van der Waals surface area contributed by atoms with Crippen molar-refractivity contribution in [1.29, 1.82) is 5.41 Å². The van der Waals surface area contributed by atoms with Crippen LogP contribution in [0.4, 0.5) is 5.69 Å². The molecule has 1 aromatic carbocycles. The van der Waals surface area contributed by atoms with Gasteiger partial charge >= 0.3 is 11.9 Å². The van der Waals surface area contributed by atoms with E-state index in [-0.39, 0.29) is 43.3 Å². The predicted octanol–water partition coefficient (Wildman–Crippen LogP) is -1.66. The van der Waals surface area contributed by atoms with Gasteiger partial charge in [-0.05, 0) is 30.7 Å². The minimum absolute atomic E-state index is 0.0716. The predicted molar refractivity (Wildman–Crippen MR) is 118 cm³/mol. The Labute approximate surface area is 187 Å². The van der Waals surface area contributed by atoms with Crippen LogP contribution < -0.4 is 27.4 Å². The molecule has 0 aromatic heterocycles. The number of guanidine groups is 1. The number of hydrogen-bond donors (Lipinski definition) is 8. The first-order valence-electron chi connectivity index (χ1n) is 9.70. The van der Waals surface area contributed by atoms with Crippen LogP contribution in [0.3, 0.4) is 0 Å². The van der Waals surface area contributed by atoms with Crippen molar-refractivity contribution in [3.63, 3.8) is 0 Å². The largest absolute Gasteiger partial charge is 0.481 e. The van der Waals surface area contributed by atoms with Crippen LogP contribution in [0, 0.1) is 5.41 Å². The number of hydrogen-bond acceptors (Lipinski definition) is 9. The molecule has 1 aromatic rings. The molecule has 1 aliphatic heterocycles. The van der Waals surface area contributed by atoms with E-state index in [0.717, 1.165) is 0 Å². The SMILES string of the molecule is N=C1C(=O)NC(N)=NC1=NC[C@@H](N)CNc1ccc(C(=O)N[C@@H](CCC(=O)O)C(=O)O)cc1. The number of aliphatic carboxylic acids is 2. The fraction of sp³-hybridized carbons (Fsp3) is 0.316. The monoisotopic (exact) mass is 460 g/mol. The van der Waals surface area contributed by atoms with Crippen molar-refractivity contribution in [3.8, 4) is 0 Å². The highest BCUT2D eigenvalue weighted by Crippen LogP contribution is 2.10. The number of amides is 2. The maximum Gasteiger partial charge on any atom is 0.326 e. The summed E-state index contributed by atoms with van der Waals surface area (Å²) >= 11 is 0. The topological polar surface area (TPSA) is 245 Å². The Hall–Kier alpha value is -4.33. The number of aliphatic imine (C=N–C) groups is 2. The summed E-state index contributed by atoms with van der Waals surface area (Å²) in [5.41, 5.74) is 11.8. The van der Waals surface area contributed by atoms with Crippen LogP contribution in [0.2, 0.25) is 0 Å². The summed E-state index contributed by atoms with van der Waals surface area (Å²) < 4.78 is 0. The van der Waals surface area contributed by atoms with Crippen LogP contribution in [-0.2, 0) is 14.4 Å². The van der Waals surface area contributed by atoms with Crippen molar-refractivity contribution in [2.45, 2.75) is 24.9 Å². The molecule has 2 atom stereocenters. The number of carbonyl (C=O) groups is 4. The molecule has 14 heteroatoms. The van der Waals surface area contributed by atoms with E-state index in [9.17, 15) is 19.2 Å². The molecule has 1 heterocycles. The summed E-state index contributed by atoms with van der Waals surface area (Å²) in [6.07, 6.45) is -0.625. The molecule has 0 bridgehead atoms. The maximum absolute atomic E-state index is 12.2. The van der Waals surface area contributed by atoms with Gasteiger partial charge in [-0.3, -0.25) is 30.1 Å². The molecule has 0 radical (unpaired) electrons. The van der Waals surface area contributed by atoms with Crippen LogP contribution >= 0.6 is 0 Å². The Morgan fingerprint density at radius 2 is 1.88 bits per heavy atom. The average Bonchev–Trinajstić information content (AvgIpc) is 2.76. The molecule has 2 amide bonds. The number of benzene rings is 1. The lowest BCUT2D eigenvalue weighted by molar-refractivity contribution is -0.140. The second-order valence-electron chi connectivity index (χ2n) is 7.01. The van der Waals surface area contributed by atoms with Crippen LogP contribution in [0.5, 0.6) is 0 Å². The molecular formula is C19H24N8O6. The number of rotatable bonds is 11. The fourth-order valence-corrected chi connectivity index (χ4v) is 2.62. The minimum atomic E-state index is -1.32. The van der Waals surface area contributed by atoms with Gasteiger partial charge in [0.15, 0.2) is 11.5 Å². The summed E-state index contributed by atoms with van der Waals surface area (Å²) in [4.78, 5) is 53.4. The molecule has 14 nitrogen and oxygen atoms in total. The quantitative estimate of drug-likeness (QED) is 0.188. The fourth-order valence-electron chi connectivity index (χ4n) is 2.62. The van der Waals surface area contributed by atoms with Gasteiger partial charge in [-0.25, -0.2) is 4.79 Å². The highest BCUT2D eigenvalue weighted by molar-refractivity contribution is 6.68. The van der Waals surface area contributed by atoms with Crippen LogP contribution in [0.25, 0.3) is 0 Å². The van der Waals surface area contributed by atoms with Gasteiger partial charge in [-0.15, -0.1) is 0 Å². The van der Waals surface area contributed by atoms with Crippen molar-refractivity contribution in [2.75, 3.05) is 18.4 Å². The van der Waals surface area contributed by atoms with E-state index < -0.39 is 41.5 Å². The number of nitrogens with one attached hydrogen (secondary N) is 4. The Morgan fingerprint density at radius 1 is 1.21 bits per heavy atom. The van der Waals surface area contributed by atoms with Gasteiger partial charge in [0.25, 0.3) is 11.8 Å². The second-order valence-corrected chi connectivity index (χ2v) is 7.01. The zero-order chi connectivity index (χ0) is 24.5. The van der Waals surface area contributed by atoms with Gasteiger partial charge < -0.3 is 32.3 Å². The van der Waals surface area contributed by atoms with E-state index in [4.69, 9.17) is 27.1 Å². The third-order valence-corrected chi connectivity index (χ3v) is 4.36. The maximum atomic E-state index is 12.2. The van der Waals surface area contributed by atoms with E-state index >= 15 is 0 Å². The van der Waals surface area contributed by atoms with E-state index in [2.05, 4.69) is 25.9 Å². The molecule has 0 unspecified atom stereocenters. The second kappa shape index (κ2) is 11.3. The molecule has 0 fully saturated rings. The standard InChI is InChI=1S/C19H24N8O6/c20-10(8-24-15-14(21)17(31)27-19(22)26-15)7-23-11-3-1-9(2-4-11)16(30)25-12(18(32)33)5-6-13(28)29/h1-4,10,12,21,23H,5-8,20H2,(H,25,30)(H,28,29)(H,32,33)(H3,22,24,26,27,31)/t10-,12-/m0/s1. The van der Waals surface area contributed by atoms with Crippen molar-refractivity contribution in [2.24, 2.45) is 21.5 Å². The molecule has 0 saturated heterocycles. The highest BCUT2D eigenvalue weighted by atomic mass is 16.4. The van der Waals surface area contributed by atoms with E-state index in [1.807, 2.05) is 0 Å². The molecule has 0 aliphatic carbocycles. The van der Waals surface area contributed by atoms with E-state index in [1.54, 1.807) is 12.1 Å². The number of anilines is 1. The van der Waals surface area contributed by atoms with Crippen LogP contribution in [0.1, 0.15) is 23.2 Å². The van der Waals surface area contributed by atoms with Crippen molar-refractivity contribution in [1.82, 2.24) is 10.6 Å². The highest BCUT2D eigenvalue weighted by Gasteiger charge is 2.23. The van der Waals surface area contributed by atoms with Gasteiger partial charge in [0, 0.05) is 30.3 Å². The number of amidine groups is 1. The first-order valence-corrected chi connectivity index (χ1v) is 9.70. The lowest BCUT2D eigenvalue weighted by Gasteiger charge is -2.15. The molecule has 176 valence electrons. The molecule has 0 saturated carbocycles. The summed E-state index contributed by atoms with van der Waals surface area (Å²) in [5, 5.41) is 33.0. The van der Waals surface area contributed by atoms with Gasteiger partial charge in [-0.2, -0.15) is 4.99 Å². The van der Waals surface area contributed by atoms with Crippen molar-refractivity contribution >= 4 is 46.9 Å². The first-order chi connectivity index (χ1) is 15.6.